The zero-order chi connectivity index (χ0) is 30.9. The number of amides is 1. The second kappa shape index (κ2) is 14.9. The predicted molar refractivity (Wildman–Crippen MR) is 175 cm³/mol. The van der Waals surface area contributed by atoms with Crippen molar-refractivity contribution in [1.82, 2.24) is 10.9 Å². The maximum atomic E-state index is 14.3. The Labute approximate surface area is 272 Å². The number of aliphatic hydroxyl groups is 1. The molecule has 0 bridgehead atoms. The molecule has 1 aliphatic heterocycles. The summed E-state index contributed by atoms with van der Waals surface area (Å²) in [5, 5.41) is 9.05. The van der Waals surface area contributed by atoms with E-state index in [0.29, 0.717) is 48.8 Å². The zero-order valence-electron chi connectivity index (χ0n) is 23.8. The number of ether oxygens (including phenoxy) is 2. The van der Waals surface area contributed by atoms with Crippen LogP contribution in [-0.4, -0.2) is 42.2 Å². The van der Waals surface area contributed by atoms with Gasteiger partial charge in [-0.2, -0.15) is 0 Å². The van der Waals surface area contributed by atoms with Crippen LogP contribution in [0.4, 0.5) is 4.39 Å². The van der Waals surface area contributed by atoms with Crippen molar-refractivity contribution in [2.45, 2.75) is 30.9 Å². The molecule has 7 nitrogen and oxygen atoms in total. The molecule has 0 radical (unpaired) electrons. The van der Waals surface area contributed by atoms with E-state index in [1.807, 2.05) is 72.8 Å². The number of hydrogen-bond donors (Lipinski definition) is 3. The molecule has 10 heteroatoms. The molecular weight excluding hydrogens is 693 g/mol. The largest absolute Gasteiger partial charge is 0.494 e. The minimum atomic E-state index is -1.41. The molecule has 44 heavy (non-hydrogen) atoms. The number of aliphatic hydroxyl groups excluding tert-OH is 1. The van der Waals surface area contributed by atoms with Crippen LogP contribution in [0.15, 0.2) is 111 Å². The second-order valence-electron chi connectivity index (χ2n) is 10.3. The van der Waals surface area contributed by atoms with E-state index in [-0.39, 0.29) is 24.8 Å². The van der Waals surface area contributed by atoms with E-state index in [2.05, 4.69) is 42.7 Å². The van der Waals surface area contributed by atoms with Crippen LogP contribution in [0, 0.1) is 5.82 Å². The molecule has 0 unspecified atom stereocenters. The van der Waals surface area contributed by atoms with Gasteiger partial charge in [0.1, 0.15) is 11.6 Å². The van der Waals surface area contributed by atoms with Gasteiger partial charge in [0.15, 0.2) is 11.6 Å². The average molecular weight is 725 g/mol. The molecule has 1 amide bonds. The van der Waals surface area contributed by atoms with Crippen molar-refractivity contribution in [3.05, 3.63) is 134 Å². The quantitative estimate of drug-likeness (QED) is 0.109. The van der Waals surface area contributed by atoms with Gasteiger partial charge >= 0.3 is 0 Å². The molecule has 2 atom stereocenters. The lowest BCUT2D eigenvalue weighted by atomic mass is 9.82. The molecule has 4 aromatic rings. The lowest BCUT2D eigenvalue weighted by molar-refractivity contribution is -0.130. The molecule has 1 aliphatic rings. The van der Waals surface area contributed by atoms with Crippen LogP contribution in [0.3, 0.4) is 0 Å². The molecule has 0 saturated carbocycles. The summed E-state index contributed by atoms with van der Waals surface area (Å²) in [5.41, 5.74) is 7.32. The van der Waals surface area contributed by atoms with Gasteiger partial charge in [-0.1, -0.05) is 86.5 Å². The number of hydrazine groups is 1. The van der Waals surface area contributed by atoms with Crippen LogP contribution >= 0.6 is 31.9 Å². The number of aliphatic imine (C=N–C) groups is 1. The highest BCUT2D eigenvalue weighted by molar-refractivity contribution is 9.10. The highest BCUT2D eigenvalue weighted by Gasteiger charge is 2.54. The lowest BCUT2D eigenvalue weighted by Gasteiger charge is -2.31. The number of halogens is 3. The summed E-state index contributed by atoms with van der Waals surface area (Å²) in [5.74, 6) is 0.297. The Morgan fingerprint density at radius 2 is 1.61 bits per heavy atom. The summed E-state index contributed by atoms with van der Waals surface area (Å²) in [4.78, 5) is 19.4. The van der Waals surface area contributed by atoms with Crippen molar-refractivity contribution in [3.63, 3.8) is 0 Å². The summed E-state index contributed by atoms with van der Waals surface area (Å²) in [6.07, 6.45) is 0.364. The summed E-state index contributed by atoms with van der Waals surface area (Å²) in [6.45, 7) is 0.766. The summed E-state index contributed by atoms with van der Waals surface area (Å²) < 4.78 is 28.1. The molecule has 3 N–H and O–H groups in total. The number of benzene rings is 4. The van der Waals surface area contributed by atoms with Crippen LogP contribution in [0.5, 0.6) is 5.75 Å². The Morgan fingerprint density at radius 3 is 2.32 bits per heavy atom. The molecule has 4 aromatic carbocycles. The fraction of sp³-hybridized carbons (Fsp3) is 0.235. The smallest absolute Gasteiger partial charge is 0.266 e. The second-order valence-corrected chi connectivity index (χ2v) is 12.0. The molecule has 0 aliphatic carbocycles. The molecule has 5 rings (SSSR count). The zero-order valence-corrected chi connectivity index (χ0v) is 27.0. The first kappa shape index (κ1) is 31.8. The van der Waals surface area contributed by atoms with E-state index in [1.54, 1.807) is 18.2 Å². The maximum absolute atomic E-state index is 14.3. The Bertz CT molecular complexity index is 1620. The summed E-state index contributed by atoms with van der Waals surface area (Å²) >= 11 is 7.31. The van der Waals surface area contributed by atoms with Crippen molar-refractivity contribution >= 4 is 43.7 Å². The van der Waals surface area contributed by atoms with E-state index in [1.165, 1.54) is 6.07 Å². The van der Waals surface area contributed by atoms with Gasteiger partial charge in [0.05, 0.1) is 6.61 Å². The van der Waals surface area contributed by atoms with Gasteiger partial charge in [0.25, 0.3) is 5.91 Å². The van der Waals surface area contributed by atoms with Gasteiger partial charge in [-0.05, 0) is 60.0 Å². The Balaban J connectivity index is 1.49. The number of carbonyl (C=O) groups is 1. The topological polar surface area (TPSA) is 92.2 Å². The van der Waals surface area contributed by atoms with E-state index < -0.39 is 11.6 Å². The van der Waals surface area contributed by atoms with E-state index in [4.69, 9.17) is 19.6 Å². The highest BCUT2D eigenvalue weighted by atomic mass is 79.9. The van der Waals surface area contributed by atoms with Crippen LogP contribution in [0.1, 0.15) is 34.8 Å². The molecule has 1 heterocycles. The van der Waals surface area contributed by atoms with Crippen LogP contribution < -0.4 is 15.6 Å². The number of carbonyl (C=O) groups excluding carboxylic acids is 1. The Kier molecular flexibility index (Phi) is 10.8. The molecule has 228 valence electrons. The van der Waals surface area contributed by atoms with Crippen LogP contribution in [0.25, 0.3) is 0 Å². The first-order valence-corrected chi connectivity index (χ1v) is 15.8. The number of nitrogens with one attached hydrogen (secondary N) is 2. The number of hydrogen-bond acceptors (Lipinski definition) is 6. The number of rotatable bonds is 13. The van der Waals surface area contributed by atoms with Crippen molar-refractivity contribution in [2.75, 3.05) is 19.8 Å². The van der Waals surface area contributed by atoms with Gasteiger partial charge in [-0.25, -0.2) is 14.8 Å². The third-order valence-corrected chi connectivity index (χ3v) is 8.81. The van der Waals surface area contributed by atoms with Gasteiger partial charge in [-0.3, -0.25) is 10.2 Å². The van der Waals surface area contributed by atoms with Crippen molar-refractivity contribution in [1.29, 1.82) is 0 Å². The third-order valence-electron chi connectivity index (χ3n) is 7.31. The van der Waals surface area contributed by atoms with Crippen molar-refractivity contribution < 1.29 is 23.8 Å². The first-order valence-electron chi connectivity index (χ1n) is 14.3. The Hall–Kier alpha value is -3.57. The SMILES string of the molecule is O=C(NNCCc1ccccc1F)[C@@]1(Cc2ccccc2Br)N=C(c2ccc(OCCCO)cc2)O[C@H]1c1ccccc1Br. The van der Waals surface area contributed by atoms with Crippen molar-refractivity contribution in [2.24, 2.45) is 4.99 Å². The van der Waals surface area contributed by atoms with Crippen LogP contribution in [-0.2, 0) is 22.4 Å². The predicted octanol–water partition coefficient (Wildman–Crippen LogP) is 6.48. The van der Waals surface area contributed by atoms with Crippen LogP contribution in [0.2, 0.25) is 0 Å². The fourth-order valence-corrected chi connectivity index (χ4v) is 5.95. The molecule has 0 spiro atoms. The van der Waals surface area contributed by atoms with Gasteiger partial charge < -0.3 is 14.6 Å². The maximum Gasteiger partial charge on any atom is 0.266 e. The molecule has 0 fully saturated rings. The van der Waals surface area contributed by atoms with Gasteiger partial charge in [0, 0.05) is 46.1 Å². The molecule has 0 saturated heterocycles. The normalized spacial score (nSPS) is 17.5. The monoisotopic (exact) mass is 723 g/mol. The lowest BCUT2D eigenvalue weighted by Crippen LogP contribution is -2.54. The average Bonchev–Trinajstić information content (AvgIpc) is 3.42. The van der Waals surface area contributed by atoms with E-state index >= 15 is 0 Å². The van der Waals surface area contributed by atoms with E-state index in [9.17, 15) is 9.18 Å². The standard InChI is InChI=1S/C34H32Br2FN3O4/c35-28-11-4-1-9-25(28)22-34(33(42)40-38-19-18-23-8-2-6-13-30(23)37)31(27-10-3-5-12-29(27)36)44-32(39-34)24-14-16-26(17-15-24)43-21-7-20-41/h1-6,8-17,31,38,41H,7,18-22H2,(H,40,42)/t31-,34-/m0/s1. The number of nitrogens with zero attached hydrogens (tertiary/aromatic N) is 1. The van der Waals surface area contributed by atoms with Gasteiger partial charge in [-0.15, -0.1) is 0 Å². The molecular formula is C34H32Br2FN3O4. The van der Waals surface area contributed by atoms with Crippen molar-refractivity contribution in [3.8, 4) is 5.75 Å². The van der Waals surface area contributed by atoms with Gasteiger partial charge in [0.2, 0.25) is 5.90 Å². The third kappa shape index (κ3) is 7.38. The molecule has 0 aromatic heterocycles. The first-order chi connectivity index (χ1) is 21.4. The Morgan fingerprint density at radius 1 is 0.932 bits per heavy atom. The minimum absolute atomic E-state index is 0.0544. The summed E-state index contributed by atoms with van der Waals surface area (Å²) in [6, 6.07) is 29.2. The fourth-order valence-electron chi connectivity index (χ4n) is 5.03. The van der Waals surface area contributed by atoms with E-state index in [0.717, 1.165) is 20.1 Å². The highest BCUT2D eigenvalue weighted by Crippen LogP contribution is 2.45. The minimum Gasteiger partial charge on any atom is -0.494 e. The summed E-state index contributed by atoms with van der Waals surface area (Å²) in [7, 11) is 0.